The Morgan fingerprint density at radius 3 is 2.62 bits per heavy atom. The largest absolute Gasteiger partial charge is 0.508 e. The Labute approximate surface area is 83.3 Å². The van der Waals surface area contributed by atoms with Gasteiger partial charge in [-0.1, -0.05) is 24.1 Å². The fourth-order valence-electron chi connectivity index (χ4n) is 1.73. The summed E-state index contributed by atoms with van der Waals surface area (Å²) in [6.07, 6.45) is 3.79. The molecule has 0 unspecified atom stereocenters. The van der Waals surface area contributed by atoms with Crippen molar-refractivity contribution >= 4 is 11.6 Å². The molecule has 0 bridgehead atoms. The molecule has 0 amide bonds. The van der Waals surface area contributed by atoms with Crippen LogP contribution in [-0.4, -0.2) is 5.11 Å². The molecule has 0 heterocycles. The zero-order chi connectivity index (χ0) is 9.42. The molecular weight excluding hydrogens is 184 g/mol. The molecule has 0 saturated heterocycles. The highest BCUT2D eigenvalue weighted by Gasteiger charge is 2.22. The van der Waals surface area contributed by atoms with Crippen LogP contribution < -0.4 is 0 Å². The first-order valence-corrected chi connectivity index (χ1v) is 5.05. The molecular formula is C11H13ClO. The molecule has 0 atom stereocenters. The Balaban J connectivity index is 2.39. The third-order valence-corrected chi connectivity index (χ3v) is 3.19. The van der Waals surface area contributed by atoms with Gasteiger partial charge in [0, 0.05) is 5.02 Å². The lowest BCUT2D eigenvalue weighted by Gasteiger charge is -2.27. The molecule has 70 valence electrons. The van der Waals surface area contributed by atoms with Crippen molar-refractivity contribution in [3.8, 4) is 5.75 Å². The van der Waals surface area contributed by atoms with Crippen LogP contribution in [0.2, 0.25) is 5.02 Å². The molecule has 1 aliphatic rings. The van der Waals surface area contributed by atoms with Crippen LogP contribution in [0.15, 0.2) is 12.1 Å². The summed E-state index contributed by atoms with van der Waals surface area (Å²) in [5, 5.41) is 10.1. The first-order valence-electron chi connectivity index (χ1n) is 4.67. The van der Waals surface area contributed by atoms with Gasteiger partial charge in [0.2, 0.25) is 0 Å². The van der Waals surface area contributed by atoms with Crippen molar-refractivity contribution < 1.29 is 5.11 Å². The maximum atomic E-state index is 9.41. The molecule has 0 radical (unpaired) electrons. The van der Waals surface area contributed by atoms with Gasteiger partial charge < -0.3 is 5.11 Å². The van der Waals surface area contributed by atoms with Crippen LogP contribution in [0.25, 0.3) is 0 Å². The highest BCUT2D eigenvalue weighted by Crippen LogP contribution is 2.41. The van der Waals surface area contributed by atoms with Gasteiger partial charge in [-0.2, -0.15) is 0 Å². The first-order chi connectivity index (χ1) is 6.18. The van der Waals surface area contributed by atoms with E-state index in [4.69, 9.17) is 11.6 Å². The summed E-state index contributed by atoms with van der Waals surface area (Å²) >= 11 is 6.05. The first kappa shape index (κ1) is 8.89. The van der Waals surface area contributed by atoms with E-state index in [1.807, 2.05) is 13.0 Å². The number of rotatable bonds is 1. The Morgan fingerprint density at radius 1 is 1.38 bits per heavy atom. The number of aryl methyl sites for hydroxylation is 1. The van der Waals surface area contributed by atoms with E-state index in [1.165, 1.54) is 24.8 Å². The van der Waals surface area contributed by atoms with Crippen LogP contribution in [-0.2, 0) is 0 Å². The third kappa shape index (κ3) is 1.53. The average molecular weight is 197 g/mol. The summed E-state index contributed by atoms with van der Waals surface area (Å²) < 4.78 is 0. The van der Waals surface area contributed by atoms with Gasteiger partial charge >= 0.3 is 0 Å². The van der Waals surface area contributed by atoms with Crippen molar-refractivity contribution in [1.82, 2.24) is 0 Å². The zero-order valence-corrected chi connectivity index (χ0v) is 8.43. The van der Waals surface area contributed by atoms with Crippen molar-refractivity contribution in [2.75, 3.05) is 0 Å². The molecule has 0 aromatic heterocycles. The Morgan fingerprint density at radius 2 is 2.08 bits per heavy atom. The molecule has 1 nitrogen and oxygen atoms in total. The van der Waals surface area contributed by atoms with E-state index in [9.17, 15) is 5.11 Å². The predicted molar refractivity (Wildman–Crippen MR) is 54.4 cm³/mol. The number of hydrogen-bond acceptors (Lipinski definition) is 1. The SMILES string of the molecule is Cc1cc(C2CCC2)c(Cl)cc1O. The summed E-state index contributed by atoms with van der Waals surface area (Å²) in [6.45, 7) is 1.91. The van der Waals surface area contributed by atoms with Crippen molar-refractivity contribution in [1.29, 1.82) is 0 Å². The van der Waals surface area contributed by atoms with E-state index in [0.717, 1.165) is 5.56 Å². The number of phenolic OH excluding ortho intramolecular Hbond substituents is 1. The van der Waals surface area contributed by atoms with Crippen LogP contribution in [0.1, 0.15) is 36.3 Å². The molecule has 1 fully saturated rings. The van der Waals surface area contributed by atoms with Crippen molar-refractivity contribution in [3.05, 3.63) is 28.3 Å². The lowest BCUT2D eigenvalue weighted by Crippen LogP contribution is -2.09. The molecule has 13 heavy (non-hydrogen) atoms. The maximum Gasteiger partial charge on any atom is 0.119 e. The summed E-state index contributed by atoms with van der Waals surface area (Å²) in [7, 11) is 0. The Bertz CT molecular complexity index is 329. The standard InChI is InChI=1S/C11H13ClO/c1-7-5-9(8-3-2-4-8)10(12)6-11(7)13/h5-6,8,13H,2-4H2,1H3. The lowest BCUT2D eigenvalue weighted by molar-refractivity contribution is 0.418. The second-order valence-electron chi connectivity index (χ2n) is 3.79. The van der Waals surface area contributed by atoms with Crippen LogP contribution in [0, 0.1) is 6.92 Å². The quantitative estimate of drug-likeness (QED) is 0.728. The van der Waals surface area contributed by atoms with E-state index < -0.39 is 0 Å². The van der Waals surface area contributed by atoms with E-state index in [1.54, 1.807) is 6.07 Å². The smallest absolute Gasteiger partial charge is 0.119 e. The minimum absolute atomic E-state index is 0.299. The van der Waals surface area contributed by atoms with Crippen LogP contribution in [0.3, 0.4) is 0 Å². The van der Waals surface area contributed by atoms with Gasteiger partial charge in [0.25, 0.3) is 0 Å². The van der Waals surface area contributed by atoms with Gasteiger partial charge in [-0.05, 0) is 42.9 Å². The molecule has 2 heteroatoms. The molecule has 2 rings (SSSR count). The normalized spacial score (nSPS) is 17.1. The molecule has 0 aliphatic heterocycles. The highest BCUT2D eigenvalue weighted by atomic mass is 35.5. The van der Waals surface area contributed by atoms with Gasteiger partial charge in [-0.15, -0.1) is 0 Å². The van der Waals surface area contributed by atoms with Crippen LogP contribution in [0.5, 0.6) is 5.75 Å². The number of benzene rings is 1. The van der Waals surface area contributed by atoms with Crippen LogP contribution >= 0.6 is 11.6 Å². The van der Waals surface area contributed by atoms with Crippen molar-refractivity contribution in [2.24, 2.45) is 0 Å². The number of aromatic hydroxyl groups is 1. The minimum atomic E-state index is 0.299. The van der Waals surface area contributed by atoms with Crippen molar-refractivity contribution in [3.63, 3.8) is 0 Å². The monoisotopic (exact) mass is 196 g/mol. The molecule has 1 N–H and O–H groups in total. The van der Waals surface area contributed by atoms with Gasteiger partial charge in [-0.25, -0.2) is 0 Å². The summed E-state index contributed by atoms with van der Waals surface area (Å²) in [5.74, 6) is 0.930. The average Bonchev–Trinajstić information content (AvgIpc) is 1.96. The predicted octanol–water partition coefficient (Wildman–Crippen LogP) is 3.62. The second kappa shape index (κ2) is 3.22. The topological polar surface area (TPSA) is 20.2 Å². The highest BCUT2D eigenvalue weighted by molar-refractivity contribution is 6.31. The maximum absolute atomic E-state index is 9.41. The molecule has 1 aliphatic carbocycles. The molecule has 1 saturated carbocycles. The number of halogens is 1. The summed E-state index contributed by atoms with van der Waals surface area (Å²) in [5.41, 5.74) is 2.13. The fraction of sp³-hybridized carbons (Fsp3) is 0.455. The molecule has 0 spiro atoms. The van der Waals surface area contributed by atoms with Crippen LogP contribution in [0.4, 0.5) is 0 Å². The second-order valence-corrected chi connectivity index (χ2v) is 4.20. The third-order valence-electron chi connectivity index (χ3n) is 2.86. The summed E-state index contributed by atoms with van der Waals surface area (Å²) in [6, 6.07) is 3.67. The number of phenols is 1. The lowest BCUT2D eigenvalue weighted by atomic mass is 9.79. The Kier molecular flexibility index (Phi) is 2.20. The zero-order valence-electron chi connectivity index (χ0n) is 7.68. The van der Waals surface area contributed by atoms with E-state index >= 15 is 0 Å². The summed E-state index contributed by atoms with van der Waals surface area (Å²) in [4.78, 5) is 0. The van der Waals surface area contributed by atoms with E-state index in [0.29, 0.717) is 16.7 Å². The minimum Gasteiger partial charge on any atom is -0.508 e. The van der Waals surface area contributed by atoms with Gasteiger partial charge in [0.1, 0.15) is 5.75 Å². The van der Waals surface area contributed by atoms with Gasteiger partial charge in [0.15, 0.2) is 0 Å². The number of hydrogen-bond donors (Lipinski definition) is 1. The van der Waals surface area contributed by atoms with Gasteiger partial charge in [0.05, 0.1) is 0 Å². The van der Waals surface area contributed by atoms with Gasteiger partial charge in [-0.3, -0.25) is 0 Å². The van der Waals surface area contributed by atoms with Crippen molar-refractivity contribution in [2.45, 2.75) is 32.1 Å². The van der Waals surface area contributed by atoms with E-state index in [-0.39, 0.29) is 0 Å². The Hall–Kier alpha value is -0.690. The fourth-order valence-corrected chi connectivity index (χ4v) is 2.04. The molecule has 1 aromatic carbocycles. The van der Waals surface area contributed by atoms with E-state index in [2.05, 4.69) is 0 Å². The molecule has 1 aromatic rings.